The normalized spacial score (nSPS) is 15.4. The zero-order chi connectivity index (χ0) is 24.1. The van der Waals surface area contributed by atoms with E-state index in [1.807, 2.05) is 0 Å². The van der Waals surface area contributed by atoms with Crippen molar-refractivity contribution in [2.75, 3.05) is 47.0 Å². The van der Waals surface area contributed by atoms with E-state index in [1.54, 1.807) is 12.1 Å². The minimum absolute atomic E-state index is 0.128. The second-order valence-corrected chi connectivity index (χ2v) is 11.6. The van der Waals surface area contributed by atoms with Crippen LogP contribution in [0.15, 0.2) is 58.3 Å². The van der Waals surface area contributed by atoms with Crippen molar-refractivity contribution in [1.29, 1.82) is 0 Å². The predicted octanol–water partition coefficient (Wildman–Crippen LogP) is 0.653. The molecule has 1 aliphatic rings. The molecule has 0 bridgehead atoms. The fourth-order valence-corrected chi connectivity index (χ4v) is 5.34. The molecule has 2 aromatic carbocycles. The van der Waals surface area contributed by atoms with E-state index in [0.717, 1.165) is 9.87 Å². The first-order valence-electron chi connectivity index (χ1n) is 10.2. The molecule has 0 aromatic heterocycles. The molecule has 180 valence electrons. The van der Waals surface area contributed by atoms with Crippen molar-refractivity contribution >= 4 is 26.0 Å². The van der Waals surface area contributed by atoms with Gasteiger partial charge in [0.25, 0.3) is 5.91 Å². The van der Waals surface area contributed by atoms with Crippen molar-refractivity contribution in [1.82, 2.24) is 13.9 Å². The number of sulfonamides is 2. The van der Waals surface area contributed by atoms with Gasteiger partial charge in [-0.3, -0.25) is 4.79 Å². The molecule has 3 rings (SSSR count). The standard InChI is InChI=1S/C21H27N3O7S2/c1-23(2)32(26,27)19-9-5-18(6-10-19)31-16-21(25)22-15-17-3-7-20(8-4-17)33(28,29)24-11-13-30-14-12-24/h3-10H,11-16H2,1-2H3,(H,22,25). The highest BCUT2D eigenvalue weighted by molar-refractivity contribution is 7.89. The Labute approximate surface area is 194 Å². The quantitative estimate of drug-likeness (QED) is 0.540. The van der Waals surface area contributed by atoms with Crippen LogP contribution in [0.2, 0.25) is 0 Å². The molecule has 1 aliphatic heterocycles. The number of ether oxygens (including phenoxy) is 2. The van der Waals surface area contributed by atoms with Crippen molar-refractivity contribution in [3.63, 3.8) is 0 Å². The molecule has 0 spiro atoms. The molecule has 1 heterocycles. The van der Waals surface area contributed by atoms with Crippen molar-refractivity contribution in [2.24, 2.45) is 0 Å². The number of hydrogen-bond donors (Lipinski definition) is 1. The Morgan fingerprint density at radius 1 is 0.970 bits per heavy atom. The van der Waals surface area contributed by atoms with Crippen LogP contribution in [-0.4, -0.2) is 78.4 Å². The molecule has 1 fully saturated rings. The van der Waals surface area contributed by atoms with Gasteiger partial charge in [0.2, 0.25) is 20.0 Å². The number of carbonyl (C=O) groups is 1. The molecule has 0 aliphatic carbocycles. The van der Waals surface area contributed by atoms with E-state index in [2.05, 4.69) is 5.32 Å². The van der Waals surface area contributed by atoms with Gasteiger partial charge < -0.3 is 14.8 Å². The smallest absolute Gasteiger partial charge is 0.258 e. The van der Waals surface area contributed by atoms with Gasteiger partial charge in [-0.1, -0.05) is 12.1 Å². The average molecular weight is 498 g/mol. The minimum atomic E-state index is -3.56. The SMILES string of the molecule is CN(C)S(=O)(=O)c1ccc(OCC(=O)NCc2ccc(S(=O)(=O)N3CCOCC3)cc2)cc1. The van der Waals surface area contributed by atoms with Gasteiger partial charge in [-0.2, -0.15) is 4.31 Å². The van der Waals surface area contributed by atoms with E-state index < -0.39 is 20.0 Å². The van der Waals surface area contributed by atoms with Crippen LogP contribution >= 0.6 is 0 Å². The van der Waals surface area contributed by atoms with Crippen LogP contribution in [0.1, 0.15) is 5.56 Å². The third-order valence-electron chi connectivity index (χ3n) is 4.99. The lowest BCUT2D eigenvalue weighted by Crippen LogP contribution is -2.40. The van der Waals surface area contributed by atoms with E-state index in [9.17, 15) is 21.6 Å². The second kappa shape index (κ2) is 10.6. The first-order chi connectivity index (χ1) is 15.6. The minimum Gasteiger partial charge on any atom is -0.484 e. The van der Waals surface area contributed by atoms with Crippen LogP contribution in [-0.2, 0) is 36.1 Å². The van der Waals surface area contributed by atoms with Gasteiger partial charge in [0.15, 0.2) is 6.61 Å². The van der Waals surface area contributed by atoms with E-state index >= 15 is 0 Å². The maximum Gasteiger partial charge on any atom is 0.258 e. The number of morpholine rings is 1. The maximum atomic E-state index is 12.6. The Morgan fingerprint density at radius 3 is 2.12 bits per heavy atom. The third-order valence-corrected chi connectivity index (χ3v) is 8.74. The molecule has 1 N–H and O–H groups in total. The Morgan fingerprint density at radius 2 is 1.55 bits per heavy atom. The van der Waals surface area contributed by atoms with Gasteiger partial charge in [0.1, 0.15) is 5.75 Å². The summed E-state index contributed by atoms with van der Waals surface area (Å²) in [4.78, 5) is 12.4. The summed E-state index contributed by atoms with van der Waals surface area (Å²) < 4.78 is 62.5. The van der Waals surface area contributed by atoms with E-state index in [-0.39, 0.29) is 28.8 Å². The highest BCUT2D eigenvalue weighted by Gasteiger charge is 2.26. The molecule has 2 aromatic rings. The van der Waals surface area contributed by atoms with Crippen LogP contribution in [0.5, 0.6) is 5.75 Å². The zero-order valence-electron chi connectivity index (χ0n) is 18.4. The fraction of sp³-hybridized carbons (Fsp3) is 0.381. The molecule has 0 radical (unpaired) electrons. The molecule has 0 atom stereocenters. The monoisotopic (exact) mass is 497 g/mol. The van der Waals surface area contributed by atoms with E-state index in [1.165, 1.54) is 54.8 Å². The Balaban J connectivity index is 1.49. The molecule has 33 heavy (non-hydrogen) atoms. The number of nitrogens with one attached hydrogen (secondary N) is 1. The van der Waals surface area contributed by atoms with Gasteiger partial charge >= 0.3 is 0 Å². The number of hydrogen-bond acceptors (Lipinski definition) is 7. The third kappa shape index (κ3) is 6.30. The summed E-state index contributed by atoms with van der Waals surface area (Å²) in [6, 6.07) is 12.1. The molecule has 0 saturated carbocycles. The summed E-state index contributed by atoms with van der Waals surface area (Å²) in [6.07, 6.45) is 0. The molecule has 0 unspecified atom stereocenters. The first-order valence-corrected chi connectivity index (χ1v) is 13.1. The number of carbonyl (C=O) groups excluding carboxylic acids is 1. The molecular weight excluding hydrogens is 470 g/mol. The van der Waals surface area contributed by atoms with E-state index in [0.29, 0.717) is 32.1 Å². The summed E-state index contributed by atoms with van der Waals surface area (Å²) in [5.41, 5.74) is 0.738. The van der Waals surface area contributed by atoms with Crippen molar-refractivity contribution in [2.45, 2.75) is 16.3 Å². The lowest BCUT2D eigenvalue weighted by atomic mass is 10.2. The highest BCUT2D eigenvalue weighted by atomic mass is 32.2. The van der Waals surface area contributed by atoms with Gasteiger partial charge in [0, 0.05) is 33.7 Å². The van der Waals surface area contributed by atoms with Crippen molar-refractivity contribution in [3.05, 3.63) is 54.1 Å². The summed E-state index contributed by atoms with van der Waals surface area (Å²) in [6.45, 7) is 1.38. The number of rotatable bonds is 9. The Bertz CT molecular complexity index is 1160. The number of benzene rings is 2. The second-order valence-electron chi connectivity index (χ2n) is 7.48. The maximum absolute atomic E-state index is 12.6. The molecular formula is C21H27N3O7S2. The van der Waals surface area contributed by atoms with Crippen LogP contribution < -0.4 is 10.1 Å². The van der Waals surface area contributed by atoms with Gasteiger partial charge in [-0.05, 0) is 42.0 Å². The largest absolute Gasteiger partial charge is 0.484 e. The number of nitrogens with zero attached hydrogens (tertiary/aromatic N) is 2. The first kappa shape index (κ1) is 25.1. The van der Waals surface area contributed by atoms with Crippen LogP contribution in [0.4, 0.5) is 0 Å². The van der Waals surface area contributed by atoms with Crippen LogP contribution in [0.3, 0.4) is 0 Å². The van der Waals surface area contributed by atoms with Crippen molar-refractivity contribution in [3.8, 4) is 5.75 Å². The molecule has 12 heteroatoms. The van der Waals surface area contributed by atoms with Gasteiger partial charge in [-0.15, -0.1) is 0 Å². The molecule has 1 saturated heterocycles. The summed E-state index contributed by atoms with van der Waals surface area (Å²) in [7, 11) is -4.20. The summed E-state index contributed by atoms with van der Waals surface area (Å²) >= 11 is 0. The summed E-state index contributed by atoms with van der Waals surface area (Å²) in [5.74, 6) is -0.00877. The Hall–Kier alpha value is -2.51. The van der Waals surface area contributed by atoms with Gasteiger partial charge in [-0.25, -0.2) is 21.1 Å². The number of amides is 1. The predicted molar refractivity (Wildman–Crippen MR) is 121 cm³/mol. The average Bonchev–Trinajstić information content (AvgIpc) is 2.82. The van der Waals surface area contributed by atoms with Crippen LogP contribution in [0, 0.1) is 0 Å². The van der Waals surface area contributed by atoms with Crippen molar-refractivity contribution < 1.29 is 31.1 Å². The van der Waals surface area contributed by atoms with Gasteiger partial charge in [0.05, 0.1) is 23.0 Å². The van der Waals surface area contributed by atoms with Crippen LogP contribution in [0.25, 0.3) is 0 Å². The highest BCUT2D eigenvalue weighted by Crippen LogP contribution is 2.19. The summed E-state index contributed by atoms with van der Waals surface area (Å²) in [5, 5.41) is 2.70. The molecule has 1 amide bonds. The topological polar surface area (TPSA) is 122 Å². The lowest BCUT2D eigenvalue weighted by Gasteiger charge is -2.26. The lowest BCUT2D eigenvalue weighted by molar-refractivity contribution is -0.123. The molecule has 10 nitrogen and oxygen atoms in total. The fourth-order valence-electron chi connectivity index (χ4n) is 3.03. The zero-order valence-corrected chi connectivity index (χ0v) is 20.1. The van der Waals surface area contributed by atoms with E-state index in [4.69, 9.17) is 9.47 Å². The Kier molecular flexibility index (Phi) is 8.08.